The third-order valence-corrected chi connectivity index (χ3v) is 4.99. The summed E-state index contributed by atoms with van der Waals surface area (Å²) in [6, 6.07) is 2.88. The second-order valence-corrected chi connectivity index (χ2v) is 8.34. The number of alkyl carbamates (subject to hydrolysis) is 1. The van der Waals surface area contributed by atoms with Crippen molar-refractivity contribution in [2.75, 3.05) is 4.90 Å². The van der Waals surface area contributed by atoms with Gasteiger partial charge in [0.25, 0.3) is 5.78 Å². The van der Waals surface area contributed by atoms with Crippen molar-refractivity contribution < 1.29 is 27.5 Å². The molecule has 0 saturated carbocycles. The first-order valence-corrected chi connectivity index (χ1v) is 9.29. The normalized spacial score (nSPS) is 24.8. The van der Waals surface area contributed by atoms with Crippen LogP contribution in [-0.4, -0.2) is 46.8 Å². The standard InChI is InChI=1S/C19H24F3N3O3/c1-18(2,3)28-17(27)24-12-8-13-5-6-14(9-12)25(13)15-7-4-11(10-23-15)16(26)19(20,21)22/h4,7,10,12-14H,5-6,8-9H2,1-3H3,(H,24,27)/t12-,13+,14-. The number of anilines is 1. The average Bonchev–Trinajstić information content (AvgIpc) is 2.82. The number of hydrogen-bond acceptors (Lipinski definition) is 5. The number of aromatic nitrogens is 1. The number of pyridine rings is 1. The van der Waals surface area contributed by atoms with Crippen LogP contribution in [0, 0.1) is 0 Å². The summed E-state index contributed by atoms with van der Waals surface area (Å²) in [5, 5.41) is 2.91. The number of Topliss-reactive ketones (excluding diaryl/α,β-unsaturated/α-hetero) is 1. The van der Waals surface area contributed by atoms with E-state index in [0.717, 1.165) is 19.0 Å². The first-order chi connectivity index (χ1) is 12.9. The molecule has 1 N–H and O–H groups in total. The van der Waals surface area contributed by atoms with Gasteiger partial charge in [-0.3, -0.25) is 4.79 Å². The molecule has 2 aliphatic heterocycles. The minimum absolute atomic E-state index is 0.0188. The van der Waals surface area contributed by atoms with E-state index in [9.17, 15) is 22.8 Å². The van der Waals surface area contributed by atoms with Crippen molar-refractivity contribution in [2.24, 2.45) is 0 Å². The summed E-state index contributed by atoms with van der Waals surface area (Å²) >= 11 is 0. The van der Waals surface area contributed by atoms with Gasteiger partial charge in [0.2, 0.25) is 0 Å². The predicted molar refractivity (Wildman–Crippen MR) is 96.3 cm³/mol. The highest BCUT2D eigenvalue weighted by Crippen LogP contribution is 2.38. The number of nitrogens with zero attached hydrogens (tertiary/aromatic N) is 2. The van der Waals surface area contributed by atoms with E-state index in [4.69, 9.17) is 4.74 Å². The fourth-order valence-corrected chi connectivity index (χ4v) is 3.98. The molecular formula is C19H24F3N3O3. The van der Waals surface area contributed by atoms with E-state index >= 15 is 0 Å². The van der Waals surface area contributed by atoms with Crippen LogP contribution in [0.2, 0.25) is 0 Å². The number of halogens is 3. The van der Waals surface area contributed by atoms with Crippen LogP contribution < -0.4 is 10.2 Å². The van der Waals surface area contributed by atoms with Gasteiger partial charge in [0.1, 0.15) is 11.4 Å². The Balaban J connectivity index is 1.65. The molecular weight excluding hydrogens is 375 g/mol. The van der Waals surface area contributed by atoms with Gasteiger partial charge < -0.3 is 15.0 Å². The fourth-order valence-electron chi connectivity index (χ4n) is 3.98. The maximum absolute atomic E-state index is 12.5. The van der Waals surface area contributed by atoms with E-state index < -0.39 is 29.2 Å². The van der Waals surface area contributed by atoms with Gasteiger partial charge in [0, 0.05) is 29.9 Å². The minimum Gasteiger partial charge on any atom is -0.444 e. The van der Waals surface area contributed by atoms with E-state index in [-0.39, 0.29) is 18.1 Å². The lowest BCUT2D eigenvalue weighted by atomic mass is 9.97. The summed E-state index contributed by atoms with van der Waals surface area (Å²) in [7, 11) is 0. The molecule has 0 unspecified atom stereocenters. The molecule has 28 heavy (non-hydrogen) atoms. The van der Waals surface area contributed by atoms with E-state index in [1.807, 2.05) is 0 Å². The zero-order chi connectivity index (χ0) is 20.7. The summed E-state index contributed by atoms with van der Waals surface area (Å²) in [5.74, 6) is -1.34. The van der Waals surface area contributed by atoms with Crippen LogP contribution in [-0.2, 0) is 4.74 Å². The van der Waals surface area contributed by atoms with Gasteiger partial charge in [-0.1, -0.05) is 0 Å². The molecule has 0 spiro atoms. The number of ether oxygens (including phenoxy) is 1. The first kappa shape index (κ1) is 20.4. The number of ketones is 1. The van der Waals surface area contributed by atoms with Crippen molar-refractivity contribution in [3.63, 3.8) is 0 Å². The third kappa shape index (κ3) is 4.56. The van der Waals surface area contributed by atoms with Gasteiger partial charge in [0.15, 0.2) is 0 Å². The number of hydrogen-bond donors (Lipinski definition) is 1. The second kappa shape index (κ2) is 7.25. The highest BCUT2D eigenvalue weighted by Gasteiger charge is 2.43. The number of alkyl halides is 3. The van der Waals surface area contributed by atoms with Crippen molar-refractivity contribution in [1.29, 1.82) is 0 Å². The molecule has 0 radical (unpaired) electrons. The van der Waals surface area contributed by atoms with Gasteiger partial charge in [-0.25, -0.2) is 9.78 Å². The van der Waals surface area contributed by atoms with Crippen molar-refractivity contribution in [2.45, 2.75) is 76.4 Å². The van der Waals surface area contributed by atoms with E-state index in [1.54, 1.807) is 20.8 Å². The Kier molecular flexibility index (Phi) is 5.29. The first-order valence-electron chi connectivity index (χ1n) is 9.29. The van der Waals surface area contributed by atoms with Crippen LogP contribution in [0.1, 0.15) is 56.8 Å². The molecule has 2 aliphatic rings. The molecule has 3 atom stereocenters. The Morgan fingerprint density at radius 1 is 1.14 bits per heavy atom. The second-order valence-electron chi connectivity index (χ2n) is 8.34. The molecule has 0 aromatic carbocycles. The number of fused-ring (bicyclic) bond motifs is 2. The molecule has 9 heteroatoms. The highest BCUT2D eigenvalue weighted by atomic mass is 19.4. The van der Waals surface area contributed by atoms with E-state index in [0.29, 0.717) is 18.7 Å². The lowest BCUT2D eigenvalue weighted by Gasteiger charge is -2.40. The fraction of sp³-hybridized carbons (Fsp3) is 0.632. The van der Waals surface area contributed by atoms with Gasteiger partial charge in [0.05, 0.1) is 0 Å². The Morgan fingerprint density at radius 2 is 1.75 bits per heavy atom. The molecule has 0 aliphatic carbocycles. The minimum atomic E-state index is -4.91. The third-order valence-electron chi connectivity index (χ3n) is 4.99. The predicted octanol–water partition coefficient (Wildman–Crippen LogP) is 3.85. The van der Waals surface area contributed by atoms with Crippen molar-refractivity contribution >= 4 is 17.7 Å². The molecule has 1 amide bonds. The van der Waals surface area contributed by atoms with Crippen molar-refractivity contribution in [1.82, 2.24) is 10.3 Å². The number of amides is 1. The monoisotopic (exact) mass is 399 g/mol. The number of piperidine rings is 1. The van der Waals surface area contributed by atoms with E-state index in [1.165, 1.54) is 12.1 Å². The lowest BCUT2D eigenvalue weighted by Crippen LogP contribution is -2.51. The topological polar surface area (TPSA) is 71.5 Å². The molecule has 6 nitrogen and oxygen atoms in total. The molecule has 2 saturated heterocycles. The number of nitrogens with one attached hydrogen (secondary N) is 1. The van der Waals surface area contributed by atoms with Crippen LogP contribution in [0.5, 0.6) is 0 Å². The Labute approximate surface area is 161 Å². The van der Waals surface area contributed by atoms with Crippen LogP contribution in [0.3, 0.4) is 0 Å². The maximum atomic E-state index is 12.5. The smallest absolute Gasteiger partial charge is 0.444 e. The van der Waals surface area contributed by atoms with Crippen LogP contribution in [0.4, 0.5) is 23.8 Å². The van der Waals surface area contributed by atoms with Gasteiger partial charge in [-0.05, 0) is 58.6 Å². The number of carbonyl (C=O) groups excluding carboxylic acids is 2. The summed E-state index contributed by atoms with van der Waals surface area (Å²) in [4.78, 5) is 29.5. The van der Waals surface area contributed by atoms with Crippen LogP contribution >= 0.6 is 0 Å². The Bertz CT molecular complexity index is 730. The zero-order valence-corrected chi connectivity index (χ0v) is 16.0. The number of carbonyl (C=O) groups is 2. The Morgan fingerprint density at radius 3 is 2.21 bits per heavy atom. The van der Waals surface area contributed by atoms with E-state index in [2.05, 4.69) is 15.2 Å². The lowest BCUT2D eigenvalue weighted by molar-refractivity contribution is -0.0885. The SMILES string of the molecule is CC(C)(C)OC(=O)N[C@H]1C[C@H]2CC[C@@H](C1)N2c1ccc(C(=O)C(F)(F)F)cn1. The van der Waals surface area contributed by atoms with Gasteiger partial charge >= 0.3 is 12.3 Å². The zero-order valence-electron chi connectivity index (χ0n) is 16.0. The summed E-state index contributed by atoms with van der Waals surface area (Å²) in [5.41, 5.74) is -1.03. The number of rotatable bonds is 3. The van der Waals surface area contributed by atoms with Crippen molar-refractivity contribution in [3.05, 3.63) is 23.9 Å². The molecule has 154 valence electrons. The Hall–Kier alpha value is -2.32. The molecule has 3 heterocycles. The molecule has 2 bridgehead atoms. The largest absolute Gasteiger partial charge is 0.454 e. The maximum Gasteiger partial charge on any atom is 0.454 e. The molecule has 2 fully saturated rings. The average molecular weight is 399 g/mol. The summed E-state index contributed by atoms with van der Waals surface area (Å²) in [6.45, 7) is 5.41. The van der Waals surface area contributed by atoms with Gasteiger partial charge in [-0.15, -0.1) is 0 Å². The van der Waals surface area contributed by atoms with Crippen LogP contribution in [0.15, 0.2) is 18.3 Å². The van der Waals surface area contributed by atoms with Gasteiger partial charge in [-0.2, -0.15) is 13.2 Å². The summed E-state index contributed by atoms with van der Waals surface area (Å²) in [6.07, 6.45) is -1.12. The highest BCUT2D eigenvalue weighted by molar-refractivity contribution is 6.00. The molecule has 1 aromatic rings. The quantitative estimate of drug-likeness (QED) is 0.782. The summed E-state index contributed by atoms with van der Waals surface area (Å²) < 4.78 is 42.9. The molecule has 1 aromatic heterocycles. The van der Waals surface area contributed by atoms with Crippen LogP contribution in [0.25, 0.3) is 0 Å². The molecule has 3 rings (SSSR count). The van der Waals surface area contributed by atoms with Crippen molar-refractivity contribution in [3.8, 4) is 0 Å².